The summed E-state index contributed by atoms with van der Waals surface area (Å²) in [5.74, 6) is 1.48. The van der Waals surface area contributed by atoms with Crippen molar-refractivity contribution in [2.75, 3.05) is 26.2 Å². The van der Waals surface area contributed by atoms with Gasteiger partial charge in [-0.2, -0.15) is 0 Å². The number of amides is 2. The first-order valence-corrected chi connectivity index (χ1v) is 12.5. The van der Waals surface area contributed by atoms with Crippen LogP contribution in [0.1, 0.15) is 56.2 Å². The number of carbonyl (C=O) groups excluding carboxylic acids is 2. The summed E-state index contributed by atoms with van der Waals surface area (Å²) < 4.78 is 6.18. The fraction of sp³-hybridized carbons (Fsp3) is 0.538. The maximum Gasteiger partial charge on any atom is 0.242 e. The predicted octanol–water partition coefficient (Wildman–Crippen LogP) is 5.09. The Balaban J connectivity index is 1.77. The van der Waals surface area contributed by atoms with Gasteiger partial charge in [-0.3, -0.25) is 9.59 Å². The summed E-state index contributed by atoms with van der Waals surface area (Å²) in [6.45, 7) is 12.0. The molecular formula is C26H36N2O3S. The van der Waals surface area contributed by atoms with Gasteiger partial charge in [0.15, 0.2) is 0 Å². The second-order valence-corrected chi connectivity index (χ2v) is 10.5. The highest BCUT2D eigenvalue weighted by Gasteiger charge is 2.33. The number of thiophene rings is 1. The molecule has 6 heteroatoms. The highest BCUT2D eigenvalue weighted by atomic mass is 32.1. The van der Waals surface area contributed by atoms with Gasteiger partial charge in [0.1, 0.15) is 12.4 Å². The average molecular weight is 457 g/mol. The lowest BCUT2D eigenvalue weighted by atomic mass is 10.00. The molecule has 0 bridgehead atoms. The molecule has 1 atom stereocenters. The fourth-order valence-corrected chi connectivity index (χ4v) is 5.12. The highest BCUT2D eigenvalue weighted by Crippen LogP contribution is 2.34. The van der Waals surface area contributed by atoms with Gasteiger partial charge >= 0.3 is 0 Å². The number of ether oxygens (including phenoxy) is 1. The number of aryl methyl sites for hydroxylation is 1. The lowest BCUT2D eigenvalue weighted by Gasteiger charge is -2.37. The van der Waals surface area contributed by atoms with Gasteiger partial charge in [0.2, 0.25) is 11.8 Å². The summed E-state index contributed by atoms with van der Waals surface area (Å²) in [5, 5.41) is 2.09. The van der Waals surface area contributed by atoms with E-state index in [9.17, 15) is 9.59 Å². The first kappa shape index (κ1) is 24.3. The number of hydrogen-bond acceptors (Lipinski definition) is 4. The van der Waals surface area contributed by atoms with E-state index in [2.05, 4.69) is 25.3 Å². The molecular weight excluding hydrogens is 420 g/mol. The minimum atomic E-state index is -0.141. The number of fused-ring (bicyclic) bond motifs is 1. The van der Waals surface area contributed by atoms with Crippen LogP contribution in [-0.4, -0.2) is 47.9 Å². The van der Waals surface area contributed by atoms with Gasteiger partial charge in [-0.1, -0.05) is 45.9 Å². The van der Waals surface area contributed by atoms with E-state index >= 15 is 0 Å². The van der Waals surface area contributed by atoms with Crippen molar-refractivity contribution in [1.29, 1.82) is 0 Å². The summed E-state index contributed by atoms with van der Waals surface area (Å²) >= 11 is 1.74. The predicted molar refractivity (Wildman–Crippen MR) is 130 cm³/mol. The molecule has 0 saturated heterocycles. The third kappa shape index (κ3) is 6.12. The minimum absolute atomic E-state index is 0.00186. The van der Waals surface area contributed by atoms with Crippen molar-refractivity contribution >= 4 is 23.2 Å². The molecule has 5 nitrogen and oxygen atoms in total. The second kappa shape index (κ2) is 11.0. The molecule has 1 aromatic carbocycles. The molecule has 0 saturated carbocycles. The third-order valence-corrected chi connectivity index (χ3v) is 6.75. The molecule has 0 spiro atoms. The van der Waals surface area contributed by atoms with Gasteiger partial charge in [0, 0.05) is 24.4 Å². The minimum Gasteiger partial charge on any atom is -0.491 e. The number of para-hydroxylation sites is 1. The van der Waals surface area contributed by atoms with Gasteiger partial charge in [-0.05, 0) is 53.8 Å². The van der Waals surface area contributed by atoms with Crippen molar-refractivity contribution < 1.29 is 14.3 Å². The lowest BCUT2D eigenvalue weighted by Crippen LogP contribution is -2.48. The van der Waals surface area contributed by atoms with Crippen molar-refractivity contribution in [1.82, 2.24) is 9.80 Å². The molecule has 0 N–H and O–H groups in total. The zero-order valence-electron chi connectivity index (χ0n) is 20.0. The van der Waals surface area contributed by atoms with Crippen molar-refractivity contribution in [3.8, 4) is 5.75 Å². The molecule has 2 amide bonds. The Morgan fingerprint density at radius 1 is 1.16 bits per heavy atom. The molecule has 0 unspecified atom stereocenters. The van der Waals surface area contributed by atoms with E-state index < -0.39 is 0 Å². The van der Waals surface area contributed by atoms with E-state index in [4.69, 9.17) is 4.74 Å². The van der Waals surface area contributed by atoms with Crippen molar-refractivity contribution in [3.05, 3.63) is 51.7 Å². The summed E-state index contributed by atoms with van der Waals surface area (Å²) in [5.41, 5.74) is 2.25. The van der Waals surface area contributed by atoms with Gasteiger partial charge in [0.25, 0.3) is 0 Å². The van der Waals surface area contributed by atoms with Crippen LogP contribution in [0.4, 0.5) is 0 Å². The molecule has 0 radical (unpaired) electrons. The number of rotatable bonds is 9. The van der Waals surface area contributed by atoms with Crippen LogP contribution in [0.5, 0.6) is 5.75 Å². The highest BCUT2D eigenvalue weighted by molar-refractivity contribution is 7.10. The van der Waals surface area contributed by atoms with E-state index in [0.29, 0.717) is 32.0 Å². The Hall–Kier alpha value is -2.34. The normalized spacial score (nSPS) is 15.7. The number of hydrogen-bond donors (Lipinski definition) is 0. The molecule has 0 fully saturated rings. The summed E-state index contributed by atoms with van der Waals surface area (Å²) in [4.78, 5) is 31.3. The summed E-state index contributed by atoms with van der Waals surface area (Å²) in [6, 6.07) is 9.92. The molecule has 1 aromatic heterocycles. The van der Waals surface area contributed by atoms with Crippen LogP contribution in [0.15, 0.2) is 35.7 Å². The molecule has 0 aliphatic carbocycles. The Labute approximate surface area is 196 Å². The van der Waals surface area contributed by atoms with E-state index in [1.54, 1.807) is 16.2 Å². The standard InChI is InChI=1S/C26H36N2O3S/c1-18(2)14-25(29)27(15-19(3)4)16-26(30)28-12-10-24-21(11-13-32-24)22(28)17-31-23-9-7-6-8-20(23)5/h6-9,11,13,18-19,22H,10,12,14-17H2,1-5H3/t22-/m1/s1. The van der Waals surface area contributed by atoms with E-state index in [1.165, 1.54) is 10.4 Å². The maximum atomic E-state index is 13.5. The smallest absolute Gasteiger partial charge is 0.242 e. The largest absolute Gasteiger partial charge is 0.491 e. The SMILES string of the molecule is Cc1ccccc1OC[C@@H]1c2ccsc2CCN1C(=O)CN(CC(C)C)C(=O)CC(C)C. The van der Waals surface area contributed by atoms with Crippen LogP contribution in [0, 0.1) is 18.8 Å². The van der Waals surface area contributed by atoms with Crippen LogP contribution in [0.25, 0.3) is 0 Å². The van der Waals surface area contributed by atoms with Crippen molar-refractivity contribution in [2.24, 2.45) is 11.8 Å². The molecule has 3 rings (SSSR count). The quantitative estimate of drug-likeness (QED) is 0.528. The molecule has 32 heavy (non-hydrogen) atoms. The fourth-order valence-electron chi connectivity index (χ4n) is 4.19. The molecule has 2 heterocycles. The van der Waals surface area contributed by atoms with E-state index in [1.807, 2.05) is 49.9 Å². The van der Waals surface area contributed by atoms with Crippen molar-refractivity contribution in [3.63, 3.8) is 0 Å². The van der Waals surface area contributed by atoms with Gasteiger partial charge < -0.3 is 14.5 Å². The molecule has 1 aliphatic rings. The average Bonchev–Trinajstić information content (AvgIpc) is 3.20. The maximum absolute atomic E-state index is 13.5. The van der Waals surface area contributed by atoms with Crippen LogP contribution in [0.3, 0.4) is 0 Å². The molecule has 174 valence electrons. The number of benzene rings is 1. The Bertz CT molecular complexity index is 921. The van der Waals surface area contributed by atoms with E-state index in [-0.39, 0.29) is 30.3 Å². The van der Waals surface area contributed by atoms with Gasteiger partial charge in [0.05, 0.1) is 12.6 Å². The van der Waals surface area contributed by atoms with Crippen molar-refractivity contribution in [2.45, 2.75) is 53.5 Å². The molecule has 2 aromatic rings. The second-order valence-electron chi connectivity index (χ2n) is 9.49. The first-order valence-electron chi connectivity index (χ1n) is 11.6. The third-order valence-electron chi connectivity index (χ3n) is 5.75. The topological polar surface area (TPSA) is 49.9 Å². The number of nitrogens with zero attached hydrogens (tertiary/aromatic N) is 2. The van der Waals surface area contributed by atoms with E-state index in [0.717, 1.165) is 17.7 Å². The first-order chi connectivity index (χ1) is 15.3. The number of carbonyl (C=O) groups is 2. The van der Waals surface area contributed by atoms with Crippen LogP contribution in [0.2, 0.25) is 0 Å². The van der Waals surface area contributed by atoms with Crippen LogP contribution < -0.4 is 4.74 Å². The van der Waals surface area contributed by atoms with Crippen LogP contribution >= 0.6 is 11.3 Å². The lowest BCUT2D eigenvalue weighted by molar-refractivity contribution is -0.143. The zero-order valence-corrected chi connectivity index (χ0v) is 20.8. The zero-order chi connectivity index (χ0) is 23.3. The Morgan fingerprint density at radius 3 is 2.59 bits per heavy atom. The summed E-state index contributed by atoms with van der Waals surface area (Å²) in [6.07, 6.45) is 1.32. The van der Waals surface area contributed by atoms with Crippen LogP contribution in [-0.2, 0) is 16.0 Å². The Kier molecular flexibility index (Phi) is 8.35. The molecule has 1 aliphatic heterocycles. The summed E-state index contributed by atoms with van der Waals surface area (Å²) in [7, 11) is 0. The van der Waals surface area contributed by atoms with Gasteiger partial charge in [-0.15, -0.1) is 11.3 Å². The Morgan fingerprint density at radius 2 is 1.91 bits per heavy atom. The monoisotopic (exact) mass is 456 g/mol. The van der Waals surface area contributed by atoms with Gasteiger partial charge in [-0.25, -0.2) is 0 Å².